The van der Waals surface area contributed by atoms with Gasteiger partial charge in [-0.1, -0.05) is 12.1 Å². The number of benzene rings is 1. The van der Waals surface area contributed by atoms with Gasteiger partial charge in [0.15, 0.2) is 0 Å². The number of nitrogen functional groups attached to an aromatic ring is 1. The maximum Gasteiger partial charge on any atom is 0.126 e. The number of rotatable bonds is 1. The van der Waals surface area contributed by atoms with Crippen LogP contribution in [0.15, 0.2) is 24.3 Å². The predicted octanol–water partition coefficient (Wildman–Crippen LogP) is 2.65. The second-order valence-corrected chi connectivity index (χ2v) is 3.96. The highest BCUT2D eigenvalue weighted by molar-refractivity contribution is 5.70. The molecular formula is C13H15N3. The highest BCUT2D eigenvalue weighted by Gasteiger charge is 2.06. The van der Waals surface area contributed by atoms with Crippen molar-refractivity contribution < 1.29 is 0 Å². The molecule has 0 amide bonds. The first kappa shape index (κ1) is 10.6. The van der Waals surface area contributed by atoms with E-state index in [2.05, 4.69) is 9.97 Å². The molecule has 0 aliphatic rings. The van der Waals surface area contributed by atoms with Gasteiger partial charge in [-0.05, 0) is 38.5 Å². The van der Waals surface area contributed by atoms with E-state index in [4.69, 9.17) is 5.73 Å². The van der Waals surface area contributed by atoms with Crippen LogP contribution in [-0.2, 0) is 0 Å². The van der Waals surface area contributed by atoms with Gasteiger partial charge in [-0.25, -0.2) is 9.97 Å². The SMILES string of the molecule is Cc1cc(-c2cccc(N)c2C)nc(C)n1. The van der Waals surface area contributed by atoms with Gasteiger partial charge in [0.25, 0.3) is 0 Å². The second-order valence-electron chi connectivity index (χ2n) is 3.96. The molecule has 3 heteroatoms. The Bertz CT molecular complexity index is 512. The first-order valence-electron chi connectivity index (χ1n) is 5.25. The van der Waals surface area contributed by atoms with Crippen molar-refractivity contribution in [3.63, 3.8) is 0 Å². The van der Waals surface area contributed by atoms with Crippen LogP contribution >= 0.6 is 0 Å². The Morgan fingerprint density at radius 1 is 1.06 bits per heavy atom. The van der Waals surface area contributed by atoms with Crippen molar-refractivity contribution in [2.45, 2.75) is 20.8 Å². The van der Waals surface area contributed by atoms with E-state index in [9.17, 15) is 0 Å². The van der Waals surface area contributed by atoms with E-state index in [0.29, 0.717) is 0 Å². The molecule has 1 aromatic carbocycles. The molecule has 0 saturated carbocycles. The van der Waals surface area contributed by atoms with Crippen LogP contribution in [0.1, 0.15) is 17.1 Å². The lowest BCUT2D eigenvalue weighted by molar-refractivity contribution is 1.01. The van der Waals surface area contributed by atoms with Crippen molar-refractivity contribution in [1.29, 1.82) is 0 Å². The Morgan fingerprint density at radius 3 is 2.50 bits per heavy atom. The molecular weight excluding hydrogens is 198 g/mol. The minimum Gasteiger partial charge on any atom is -0.398 e. The normalized spacial score (nSPS) is 10.4. The van der Waals surface area contributed by atoms with Gasteiger partial charge in [-0.15, -0.1) is 0 Å². The van der Waals surface area contributed by atoms with Crippen molar-refractivity contribution in [1.82, 2.24) is 9.97 Å². The molecule has 0 unspecified atom stereocenters. The molecule has 0 radical (unpaired) electrons. The zero-order valence-corrected chi connectivity index (χ0v) is 9.78. The molecule has 3 nitrogen and oxygen atoms in total. The lowest BCUT2D eigenvalue weighted by Crippen LogP contribution is -1.97. The third-order valence-corrected chi connectivity index (χ3v) is 2.62. The Labute approximate surface area is 95.4 Å². The highest BCUT2D eigenvalue weighted by Crippen LogP contribution is 2.25. The molecule has 1 aromatic heterocycles. The van der Waals surface area contributed by atoms with Gasteiger partial charge in [0.2, 0.25) is 0 Å². The van der Waals surface area contributed by atoms with E-state index in [1.807, 2.05) is 45.0 Å². The summed E-state index contributed by atoms with van der Waals surface area (Å²) in [7, 11) is 0. The fourth-order valence-corrected chi connectivity index (χ4v) is 1.79. The smallest absolute Gasteiger partial charge is 0.126 e. The van der Waals surface area contributed by atoms with E-state index in [0.717, 1.165) is 34.0 Å². The van der Waals surface area contributed by atoms with Gasteiger partial charge >= 0.3 is 0 Å². The number of hydrogen-bond donors (Lipinski definition) is 1. The summed E-state index contributed by atoms with van der Waals surface area (Å²) >= 11 is 0. The Kier molecular flexibility index (Phi) is 2.60. The van der Waals surface area contributed by atoms with Gasteiger partial charge in [0.1, 0.15) is 5.82 Å². The fourth-order valence-electron chi connectivity index (χ4n) is 1.79. The third kappa shape index (κ3) is 1.89. The number of nitrogens with two attached hydrogens (primary N) is 1. The summed E-state index contributed by atoms with van der Waals surface area (Å²) in [6, 6.07) is 7.87. The molecule has 1 heterocycles. The Hall–Kier alpha value is -1.90. The van der Waals surface area contributed by atoms with Crippen LogP contribution in [0.5, 0.6) is 0 Å². The molecule has 82 valence electrons. The van der Waals surface area contributed by atoms with Gasteiger partial charge < -0.3 is 5.73 Å². The Balaban J connectivity index is 2.63. The summed E-state index contributed by atoms with van der Waals surface area (Å²) in [5, 5.41) is 0. The second kappa shape index (κ2) is 3.93. The summed E-state index contributed by atoms with van der Waals surface area (Å²) < 4.78 is 0. The average molecular weight is 213 g/mol. The molecule has 0 fully saturated rings. The molecule has 0 saturated heterocycles. The van der Waals surface area contributed by atoms with Gasteiger partial charge in [0, 0.05) is 16.9 Å². The molecule has 0 bridgehead atoms. The monoisotopic (exact) mass is 213 g/mol. The van der Waals surface area contributed by atoms with Gasteiger partial charge in [0.05, 0.1) is 5.69 Å². The number of anilines is 1. The first-order chi connectivity index (χ1) is 7.58. The predicted molar refractivity (Wildman–Crippen MR) is 66.1 cm³/mol. The number of aryl methyl sites for hydroxylation is 2. The molecule has 2 aromatic rings. The van der Waals surface area contributed by atoms with E-state index < -0.39 is 0 Å². The van der Waals surface area contributed by atoms with Crippen molar-refractivity contribution in [2.75, 3.05) is 5.73 Å². The lowest BCUT2D eigenvalue weighted by atomic mass is 10.0. The summed E-state index contributed by atoms with van der Waals surface area (Å²) in [6.45, 7) is 5.88. The number of hydrogen-bond acceptors (Lipinski definition) is 3. The molecule has 0 aliphatic heterocycles. The van der Waals surface area contributed by atoms with E-state index in [1.54, 1.807) is 0 Å². The highest BCUT2D eigenvalue weighted by atomic mass is 14.9. The van der Waals surface area contributed by atoms with Crippen molar-refractivity contribution in [3.8, 4) is 11.3 Å². The lowest BCUT2D eigenvalue weighted by Gasteiger charge is -2.08. The summed E-state index contributed by atoms with van der Waals surface area (Å²) in [5.41, 5.74) is 10.8. The van der Waals surface area contributed by atoms with Crippen LogP contribution < -0.4 is 5.73 Å². The molecule has 0 spiro atoms. The maximum absolute atomic E-state index is 5.89. The summed E-state index contributed by atoms with van der Waals surface area (Å²) in [6.07, 6.45) is 0. The molecule has 16 heavy (non-hydrogen) atoms. The van der Waals surface area contributed by atoms with Crippen LogP contribution in [0.3, 0.4) is 0 Å². The first-order valence-corrected chi connectivity index (χ1v) is 5.25. The summed E-state index contributed by atoms with van der Waals surface area (Å²) in [5.74, 6) is 0.789. The number of aromatic nitrogens is 2. The van der Waals surface area contributed by atoms with Crippen LogP contribution in [0, 0.1) is 20.8 Å². The van der Waals surface area contributed by atoms with E-state index in [1.165, 1.54) is 0 Å². The van der Waals surface area contributed by atoms with Crippen LogP contribution in [0.25, 0.3) is 11.3 Å². The van der Waals surface area contributed by atoms with Crippen molar-refractivity contribution >= 4 is 5.69 Å². The Morgan fingerprint density at radius 2 is 1.81 bits per heavy atom. The molecule has 2 N–H and O–H groups in total. The number of nitrogens with zero attached hydrogens (tertiary/aromatic N) is 2. The molecule has 0 atom stereocenters. The zero-order valence-electron chi connectivity index (χ0n) is 9.78. The van der Waals surface area contributed by atoms with Crippen molar-refractivity contribution in [3.05, 3.63) is 41.3 Å². The van der Waals surface area contributed by atoms with Crippen LogP contribution in [0.4, 0.5) is 5.69 Å². The van der Waals surface area contributed by atoms with Crippen LogP contribution in [0.2, 0.25) is 0 Å². The van der Waals surface area contributed by atoms with Gasteiger partial charge in [-0.3, -0.25) is 0 Å². The molecule has 0 aliphatic carbocycles. The van der Waals surface area contributed by atoms with Crippen LogP contribution in [-0.4, -0.2) is 9.97 Å². The average Bonchev–Trinajstić information content (AvgIpc) is 2.20. The standard InChI is InChI=1S/C13H15N3/c1-8-7-13(16-10(3)15-8)11-5-4-6-12(14)9(11)2/h4-7H,14H2,1-3H3. The quantitative estimate of drug-likeness (QED) is 0.741. The molecule has 2 rings (SSSR count). The maximum atomic E-state index is 5.89. The minimum atomic E-state index is 0.789. The zero-order chi connectivity index (χ0) is 11.7. The minimum absolute atomic E-state index is 0.789. The third-order valence-electron chi connectivity index (χ3n) is 2.62. The summed E-state index contributed by atoms with van der Waals surface area (Å²) in [4.78, 5) is 8.71. The van der Waals surface area contributed by atoms with Crippen molar-refractivity contribution in [2.24, 2.45) is 0 Å². The largest absolute Gasteiger partial charge is 0.398 e. The van der Waals surface area contributed by atoms with E-state index in [-0.39, 0.29) is 0 Å². The topological polar surface area (TPSA) is 51.8 Å². The fraction of sp³-hybridized carbons (Fsp3) is 0.231. The van der Waals surface area contributed by atoms with Gasteiger partial charge in [-0.2, -0.15) is 0 Å². The van der Waals surface area contributed by atoms with E-state index >= 15 is 0 Å².